The van der Waals surface area contributed by atoms with Crippen molar-refractivity contribution in [2.24, 2.45) is 23.7 Å². The minimum atomic E-state index is -0.988. The highest BCUT2D eigenvalue weighted by atomic mass is 19.2. The van der Waals surface area contributed by atoms with E-state index < -0.39 is 11.6 Å². The van der Waals surface area contributed by atoms with Crippen LogP contribution >= 0.6 is 0 Å². The molecule has 1 aromatic carbocycles. The van der Waals surface area contributed by atoms with Gasteiger partial charge in [0, 0.05) is 6.07 Å². The van der Waals surface area contributed by atoms with E-state index in [0.29, 0.717) is 0 Å². The summed E-state index contributed by atoms with van der Waals surface area (Å²) in [7, 11) is 0. The zero-order valence-corrected chi connectivity index (χ0v) is 17.1. The Morgan fingerprint density at radius 2 is 1.39 bits per heavy atom. The van der Waals surface area contributed by atoms with Crippen molar-refractivity contribution in [3.05, 3.63) is 29.8 Å². The van der Waals surface area contributed by atoms with Crippen molar-refractivity contribution in [1.29, 1.82) is 0 Å². The Labute approximate surface area is 168 Å². The molecule has 0 unspecified atom stereocenters. The van der Waals surface area contributed by atoms with Crippen LogP contribution in [0.1, 0.15) is 84.0 Å². The normalized spacial score (nSPS) is 28.1. The molecule has 0 amide bonds. The third-order valence-electron chi connectivity index (χ3n) is 6.94. The van der Waals surface area contributed by atoms with Gasteiger partial charge in [-0.3, -0.25) is 4.79 Å². The Morgan fingerprint density at radius 3 is 1.93 bits per heavy atom. The maximum absolute atomic E-state index is 13.3. The number of hydrogen-bond donors (Lipinski definition) is 0. The average Bonchev–Trinajstić information content (AvgIpc) is 2.71. The Hall–Kier alpha value is -1.45. The van der Waals surface area contributed by atoms with E-state index in [2.05, 4.69) is 6.92 Å². The van der Waals surface area contributed by atoms with Gasteiger partial charge in [-0.05, 0) is 55.6 Å². The fraction of sp³-hybridized carbons (Fsp3) is 0.708. The maximum Gasteiger partial charge on any atom is 0.314 e. The van der Waals surface area contributed by atoms with Crippen molar-refractivity contribution in [1.82, 2.24) is 0 Å². The van der Waals surface area contributed by atoms with Crippen molar-refractivity contribution < 1.29 is 18.3 Å². The molecule has 156 valence electrons. The predicted molar refractivity (Wildman–Crippen MR) is 107 cm³/mol. The Balaban J connectivity index is 1.35. The molecule has 0 N–H and O–H groups in total. The Morgan fingerprint density at radius 1 is 0.857 bits per heavy atom. The number of halogens is 2. The number of carbonyl (C=O) groups is 1. The molecule has 0 aromatic heterocycles. The zero-order chi connectivity index (χ0) is 19.9. The van der Waals surface area contributed by atoms with Gasteiger partial charge in [-0.15, -0.1) is 0 Å². The summed E-state index contributed by atoms with van der Waals surface area (Å²) in [5.74, 6) is 0.344. The second kappa shape index (κ2) is 10.4. The van der Waals surface area contributed by atoms with Gasteiger partial charge in [-0.1, -0.05) is 58.3 Å². The summed E-state index contributed by atoms with van der Waals surface area (Å²) in [6.45, 7) is 2.29. The number of benzene rings is 1. The van der Waals surface area contributed by atoms with Gasteiger partial charge in [0.2, 0.25) is 0 Å². The summed E-state index contributed by atoms with van der Waals surface area (Å²) in [4.78, 5) is 12.3. The van der Waals surface area contributed by atoms with Gasteiger partial charge < -0.3 is 4.74 Å². The first-order valence-electron chi connectivity index (χ1n) is 11.2. The van der Waals surface area contributed by atoms with Gasteiger partial charge in [-0.25, -0.2) is 8.78 Å². The summed E-state index contributed by atoms with van der Waals surface area (Å²) >= 11 is 0. The van der Waals surface area contributed by atoms with Gasteiger partial charge in [0.25, 0.3) is 0 Å². The molecule has 2 nitrogen and oxygen atoms in total. The minimum Gasteiger partial charge on any atom is -0.426 e. The van der Waals surface area contributed by atoms with Crippen molar-refractivity contribution in [2.45, 2.75) is 84.0 Å². The molecule has 2 fully saturated rings. The Bertz CT molecular complexity index is 629. The summed E-state index contributed by atoms with van der Waals surface area (Å²) in [6.07, 6.45) is 14.8. The summed E-state index contributed by atoms with van der Waals surface area (Å²) in [6, 6.07) is 3.23. The molecule has 4 heteroatoms. The van der Waals surface area contributed by atoms with Crippen molar-refractivity contribution in [3.63, 3.8) is 0 Å². The fourth-order valence-electron chi connectivity index (χ4n) is 5.12. The highest BCUT2D eigenvalue weighted by molar-refractivity contribution is 5.75. The number of hydrogen-bond acceptors (Lipinski definition) is 2. The molecule has 0 bridgehead atoms. The van der Waals surface area contributed by atoms with E-state index in [1.165, 1.54) is 57.4 Å². The van der Waals surface area contributed by atoms with Crippen LogP contribution in [0.5, 0.6) is 5.75 Å². The summed E-state index contributed by atoms with van der Waals surface area (Å²) in [5, 5.41) is 0. The smallest absolute Gasteiger partial charge is 0.314 e. The van der Waals surface area contributed by atoms with Crippen LogP contribution in [0.4, 0.5) is 8.78 Å². The molecule has 0 aliphatic heterocycles. The van der Waals surface area contributed by atoms with Crippen molar-refractivity contribution >= 4 is 5.97 Å². The third-order valence-corrected chi connectivity index (χ3v) is 6.94. The lowest BCUT2D eigenvalue weighted by atomic mass is 9.75. The minimum absolute atomic E-state index is 0.0877. The second-order valence-electron chi connectivity index (χ2n) is 8.97. The van der Waals surface area contributed by atoms with E-state index in [0.717, 1.165) is 55.6 Å². The van der Waals surface area contributed by atoms with Crippen LogP contribution in [-0.2, 0) is 4.79 Å². The molecule has 0 atom stereocenters. The van der Waals surface area contributed by atoms with Gasteiger partial charge in [0.1, 0.15) is 5.75 Å². The first kappa shape index (κ1) is 21.3. The lowest BCUT2D eigenvalue weighted by molar-refractivity contribution is -0.140. The molecule has 0 spiro atoms. The first-order chi connectivity index (χ1) is 13.5. The number of ether oxygens (including phenoxy) is 1. The second-order valence-corrected chi connectivity index (χ2v) is 8.97. The maximum atomic E-state index is 13.3. The van der Waals surface area contributed by atoms with Crippen LogP contribution in [0.15, 0.2) is 18.2 Å². The van der Waals surface area contributed by atoms with Crippen molar-refractivity contribution in [3.8, 4) is 5.75 Å². The van der Waals surface area contributed by atoms with E-state index in [-0.39, 0.29) is 17.6 Å². The third kappa shape index (κ3) is 6.02. The monoisotopic (exact) mass is 392 g/mol. The topological polar surface area (TPSA) is 26.3 Å². The van der Waals surface area contributed by atoms with Crippen LogP contribution < -0.4 is 4.74 Å². The molecule has 3 rings (SSSR count). The Kier molecular flexibility index (Phi) is 7.87. The van der Waals surface area contributed by atoms with E-state index in [9.17, 15) is 13.6 Å². The molecule has 2 aliphatic carbocycles. The SMILES string of the molecule is CCCC1CCC(CCC2CCC(C(=O)Oc3ccc(F)c(F)c3)CC2)CC1. The quantitative estimate of drug-likeness (QED) is 0.367. The van der Waals surface area contributed by atoms with Crippen LogP contribution in [0.3, 0.4) is 0 Å². The van der Waals surface area contributed by atoms with Crippen LogP contribution in [0.25, 0.3) is 0 Å². The van der Waals surface area contributed by atoms with Crippen LogP contribution in [-0.4, -0.2) is 5.97 Å². The molecule has 0 saturated heterocycles. The lowest BCUT2D eigenvalue weighted by Crippen LogP contribution is -2.26. The van der Waals surface area contributed by atoms with Crippen molar-refractivity contribution in [2.75, 3.05) is 0 Å². The highest BCUT2D eigenvalue weighted by Crippen LogP contribution is 2.38. The van der Waals surface area contributed by atoms with E-state index in [1.54, 1.807) is 0 Å². The molecule has 0 heterocycles. The summed E-state index contributed by atoms with van der Waals surface area (Å²) in [5.41, 5.74) is 0. The molecule has 28 heavy (non-hydrogen) atoms. The number of carbonyl (C=O) groups excluding carboxylic acids is 1. The highest BCUT2D eigenvalue weighted by Gasteiger charge is 2.29. The average molecular weight is 393 g/mol. The molecule has 0 radical (unpaired) electrons. The van der Waals surface area contributed by atoms with Crippen LogP contribution in [0.2, 0.25) is 0 Å². The standard InChI is InChI=1S/C24H34F2O2/c1-2-3-17-4-6-18(7-5-17)8-9-19-10-12-20(13-11-19)24(27)28-21-14-15-22(25)23(26)16-21/h14-20H,2-13H2,1H3. The van der Waals surface area contributed by atoms with E-state index >= 15 is 0 Å². The molecular weight excluding hydrogens is 358 g/mol. The zero-order valence-electron chi connectivity index (χ0n) is 17.1. The van der Waals surface area contributed by atoms with E-state index in [4.69, 9.17) is 4.74 Å². The first-order valence-corrected chi connectivity index (χ1v) is 11.2. The van der Waals surface area contributed by atoms with Gasteiger partial charge in [0.05, 0.1) is 5.92 Å². The molecule has 2 saturated carbocycles. The van der Waals surface area contributed by atoms with Gasteiger partial charge in [0.15, 0.2) is 11.6 Å². The molecule has 1 aromatic rings. The largest absolute Gasteiger partial charge is 0.426 e. The van der Waals surface area contributed by atoms with E-state index in [1.807, 2.05) is 0 Å². The number of esters is 1. The van der Waals surface area contributed by atoms with Crippen LogP contribution in [0, 0.1) is 35.3 Å². The lowest BCUT2D eigenvalue weighted by Gasteiger charge is -2.31. The number of rotatable bonds is 7. The van der Waals surface area contributed by atoms with Gasteiger partial charge >= 0.3 is 5.97 Å². The predicted octanol–water partition coefficient (Wildman–Crippen LogP) is 7.06. The summed E-state index contributed by atoms with van der Waals surface area (Å²) < 4.78 is 31.5. The molecule has 2 aliphatic rings. The fourth-order valence-corrected chi connectivity index (χ4v) is 5.12. The molecular formula is C24H34F2O2. The van der Waals surface area contributed by atoms with Gasteiger partial charge in [-0.2, -0.15) is 0 Å².